The summed E-state index contributed by atoms with van der Waals surface area (Å²) < 4.78 is 24.9. The summed E-state index contributed by atoms with van der Waals surface area (Å²) in [4.78, 5) is 33.2. The van der Waals surface area contributed by atoms with Gasteiger partial charge in [-0.05, 0) is 118 Å². The number of rotatable bonds is 12. The summed E-state index contributed by atoms with van der Waals surface area (Å²) in [6.07, 6.45) is 15.6. The van der Waals surface area contributed by atoms with Gasteiger partial charge in [0.1, 0.15) is 0 Å². The van der Waals surface area contributed by atoms with Crippen molar-refractivity contribution in [3.8, 4) is 11.1 Å². The van der Waals surface area contributed by atoms with Crippen LogP contribution in [0, 0.1) is 11.8 Å². The van der Waals surface area contributed by atoms with E-state index in [9.17, 15) is 9.59 Å². The van der Waals surface area contributed by atoms with E-state index in [0.29, 0.717) is 43.3 Å². The van der Waals surface area contributed by atoms with E-state index < -0.39 is 5.41 Å². The lowest BCUT2D eigenvalue weighted by Crippen LogP contribution is -2.35. The van der Waals surface area contributed by atoms with Gasteiger partial charge in [-0.25, -0.2) is 0 Å². The monoisotopic (exact) mass is 902 g/mol. The van der Waals surface area contributed by atoms with Gasteiger partial charge in [-0.2, -0.15) is 0 Å². The summed E-state index contributed by atoms with van der Waals surface area (Å²) in [6, 6.07) is 17.6. The zero-order chi connectivity index (χ0) is 40.1. The Kier molecular flexibility index (Phi) is 9.35. The highest BCUT2D eigenvalue weighted by Gasteiger charge is 2.55. The van der Waals surface area contributed by atoms with E-state index in [4.69, 9.17) is 18.9 Å². The molecule has 4 heterocycles. The van der Waals surface area contributed by atoms with Crippen LogP contribution in [0.1, 0.15) is 59.1 Å². The van der Waals surface area contributed by atoms with Crippen molar-refractivity contribution in [3.63, 3.8) is 0 Å². The molecule has 2 unspecified atom stereocenters. The molecule has 3 aliphatic carbocycles. The highest BCUT2D eigenvalue weighted by molar-refractivity contribution is 9.10. The topological polar surface area (TPSA) is 77.5 Å². The summed E-state index contributed by atoms with van der Waals surface area (Å²) in [7, 11) is 6.98. The molecule has 8 nitrogen and oxygen atoms in total. The summed E-state index contributed by atoms with van der Waals surface area (Å²) in [5.41, 5.74) is 13.1. The lowest BCUT2D eigenvalue weighted by atomic mass is 9.68. The zero-order valence-corrected chi connectivity index (χ0v) is 36.2. The van der Waals surface area contributed by atoms with Gasteiger partial charge < -0.3 is 18.9 Å². The molecular formula is C48H44Br2N2O6. The van der Waals surface area contributed by atoms with Crippen LogP contribution in [-0.2, 0) is 39.4 Å². The van der Waals surface area contributed by atoms with E-state index in [1.54, 1.807) is 38.2 Å². The Morgan fingerprint density at radius 3 is 1.86 bits per heavy atom. The molecule has 4 aliphatic heterocycles. The van der Waals surface area contributed by atoms with Crippen LogP contribution in [0.25, 0.3) is 28.5 Å². The molecule has 0 radical (unpaired) electrons. The SMILES string of the molecule is COCCC1(CCOC)C2=CC3C4=C5C(=O)N6C=Cc7cc8c(cc7C6=C5C(=O)N4C=CC3C=C2c2ccc(Br)cc21)C(CCOC)(CCOC)c1cc(Br)ccc1-8. The number of carbonyl (C=O) groups excluding carboxylic acids is 2. The zero-order valence-electron chi connectivity index (χ0n) is 33.0. The Balaban J connectivity index is 1.15. The van der Waals surface area contributed by atoms with E-state index in [0.717, 1.165) is 57.0 Å². The smallest absolute Gasteiger partial charge is 0.265 e. The van der Waals surface area contributed by atoms with Crippen LogP contribution in [0.4, 0.5) is 0 Å². The molecule has 7 aliphatic rings. The number of hydrogen-bond donors (Lipinski definition) is 0. The third-order valence-corrected chi connectivity index (χ3v) is 14.7. The number of halogens is 2. The summed E-state index contributed by atoms with van der Waals surface area (Å²) in [6.45, 7) is 2.28. The first kappa shape index (κ1) is 38.1. The summed E-state index contributed by atoms with van der Waals surface area (Å²) >= 11 is 7.51. The number of carbonyl (C=O) groups is 2. The fourth-order valence-corrected chi connectivity index (χ4v) is 11.8. The van der Waals surface area contributed by atoms with Crippen molar-refractivity contribution in [1.29, 1.82) is 0 Å². The largest absolute Gasteiger partial charge is 0.385 e. The number of nitrogens with zero attached hydrogens (tertiary/aromatic N) is 2. The predicted octanol–water partition coefficient (Wildman–Crippen LogP) is 9.29. The first-order valence-corrected chi connectivity index (χ1v) is 21.5. The number of ether oxygens (including phenoxy) is 4. The molecule has 0 fully saturated rings. The number of allylic oxidation sites excluding steroid dienone is 5. The number of fused-ring (bicyclic) bond motifs is 13. The van der Waals surface area contributed by atoms with Crippen LogP contribution >= 0.6 is 31.9 Å². The minimum Gasteiger partial charge on any atom is -0.385 e. The van der Waals surface area contributed by atoms with Crippen molar-refractivity contribution < 1.29 is 28.5 Å². The average Bonchev–Trinajstić information content (AvgIpc) is 3.88. The maximum Gasteiger partial charge on any atom is 0.265 e. The fraction of sp³-hybridized carbons (Fsp3) is 0.333. The van der Waals surface area contributed by atoms with Gasteiger partial charge in [0.2, 0.25) is 0 Å². The van der Waals surface area contributed by atoms with E-state index in [1.165, 1.54) is 39.0 Å². The van der Waals surface area contributed by atoms with Crippen molar-refractivity contribution in [2.24, 2.45) is 11.8 Å². The number of methoxy groups -OCH3 is 4. The van der Waals surface area contributed by atoms with E-state index in [1.807, 2.05) is 18.5 Å². The molecule has 3 aromatic carbocycles. The van der Waals surface area contributed by atoms with Crippen molar-refractivity contribution in [2.75, 3.05) is 54.9 Å². The van der Waals surface area contributed by atoms with E-state index in [2.05, 4.69) is 98.6 Å². The molecule has 10 rings (SSSR count). The van der Waals surface area contributed by atoms with Crippen LogP contribution in [0.5, 0.6) is 0 Å². The Morgan fingerprint density at radius 1 is 0.621 bits per heavy atom. The number of amides is 2. The molecule has 2 amide bonds. The van der Waals surface area contributed by atoms with Gasteiger partial charge in [-0.15, -0.1) is 0 Å². The minimum atomic E-state index is -0.394. The molecule has 3 aromatic rings. The molecule has 0 spiro atoms. The van der Waals surface area contributed by atoms with Gasteiger partial charge in [0.25, 0.3) is 11.8 Å². The lowest BCUT2D eigenvalue weighted by Gasteiger charge is -2.39. The maximum atomic E-state index is 14.9. The third-order valence-electron chi connectivity index (χ3n) is 13.7. The molecule has 296 valence electrons. The molecule has 0 N–H and O–H groups in total. The van der Waals surface area contributed by atoms with Gasteiger partial charge in [0, 0.05) is 110 Å². The maximum absolute atomic E-state index is 14.9. The van der Waals surface area contributed by atoms with Gasteiger partial charge in [0.15, 0.2) is 0 Å². The Morgan fingerprint density at radius 2 is 1.21 bits per heavy atom. The van der Waals surface area contributed by atoms with Crippen molar-refractivity contribution >= 4 is 61.0 Å². The van der Waals surface area contributed by atoms with E-state index in [-0.39, 0.29) is 29.1 Å². The second kappa shape index (κ2) is 14.2. The Bertz CT molecular complexity index is 2510. The minimum absolute atomic E-state index is 0.0386. The third kappa shape index (κ3) is 5.24. The van der Waals surface area contributed by atoms with E-state index >= 15 is 0 Å². The predicted molar refractivity (Wildman–Crippen MR) is 231 cm³/mol. The molecule has 0 saturated carbocycles. The highest BCUT2D eigenvalue weighted by atomic mass is 79.9. The molecule has 10 heteroatoms. The standard InChI is InChI=1S/C48H44Br2N2O6/c1-55-17-11-47(12-18-56-2)37-23-29(49)5-7-31(37)35-21-27-9-15-51-43(33(27)25-39(35)47)41-42(46(51)54)44-34-26-40-36(22-28(34)10-16-52(44)45(41)53)32-8-6-30(50)24-38(32)48(40,13-19-57-3)14-20-58-4/h5-10,15-16,21-27,33H,11-14,17-20H2,1-4H3. The van der Waals surface area contributed by atoms with Crippen LogP contribution in [0.3, 0.4) is 0 Å². The summed E-state index contributed by atoms with van der Waals surface area (Å²) in [5, 5.41) is 0. The Labute approximate surface area is 355 Å². The lowest BCUT2D eigenvalue weighted by molar-refractivity contribution is -0.122. The molecule has 0 bridgehead atoms. The van der Waals surface area contributed by atoms with Crippen molar-refractivity contribution in [1.82, 2.24) is 9.80 Å². The molecule has 0 aromatic heterocycles. The quantitative estimate of drug-likeness (QED) is 0.181. The average molecular weight is 905 g/mol. The Hall–Kier alpha value is -4.16. The number of hydrogen-bond acceptors (Lipinski definition) is 6. The normalized spacial score (nSPS) is 22.0. The van der Waals surface area contributed by atoms with Crippen LogP contribution in [-0.4, -0.2) is 76.5 Å². The fourth-order valence-electron chi connectivity index (χ4n) is 11.0. The molecular weight excluding hydrogens is 860 g/mol. The second-order valence-electron chi connectivity index (χ2n) is 16.3. The van der Waals surface area contributed by atoms with Crippen LogP contribution in [0.2, 0.25) is 0 Å². The molecule has 58 heavy (non-hydrogen) atoms. The van der Waals surface area contributed by atoms with Gasteiger partial charge in [0.05, 0.1) is 16.8 Å². The highest BCUT2D eigenvalue weighted by Crippen LogP contribution is 2.61. The number of benzene rings is 3. The second-order valence-corrected chi connectivity index (χ2v) is 18.1. The van der Waals surface area contributed by atoms with Crippen LogP contribution < -0.4 is 0 Å². The van der Waals surface area contributed by atoms with Crippen LogP contribution in [0.15, 0.2) is 111 Å². The van der Waals surface area contributed by atoms with Gasteiger partial charge >= 0.3 is 0 Å². The molecule has 2 atom stereocenters. The first-order valence-electron chi connectivity index (χ1n) is 19.9. The first-order chi connectivity index (χ1) is 28.2. The van der Waals surface area contributed by atoms with Crippen molar-refractivity contribution in [2.45, 2.75) is 36.5 Å². The molecule has 0 saturated heterocycles. The van der Waals surface area contributed by atoms with Gasteiger partial charge in [-0.3, -0.25) is 19.4 Å². The summed E-state index contributed by atoms with van der Waals surface area (Å²) in [5.74, 6) is -0.591. The van der Waals surface area contributed by atoms with Crippen molar-refractivity contribution in [3.05, 3.63) is 144 Å². The van der Waals surface area contributed by atoms with Gasteiger partial charge in [-0.1, -0.05) is 62.2 Å².